The van der Waals surface area contributed by atoms with Gasteiger partial charge >= 0.3 is 0 Å². The van der Waals surface area contributed by atoms with Crippen molar-refractivity contribution in [2.24, 2.45) is 0 Å². The van der Waals surface area contributed by atoms with Gasteiger partial charge in [0.25, 0.3) is 0 Å². The van der Waals surface area contributed by atoms with Crippen molar-refractivity contribution in [1.82, 2.24) is 10.2 Å². The van der Waals surface area contributed by atoms with Gasteiger partial charge in [0.1, 0.15) is 0 Å². The zero-order valence-corrected chi connectivity index (χ0v) is 9.53. The van der Waals surface area contributed by atoms with Crippen LogP contribution < -0.4 is 4.90 Å². The topological polar surface area (TPSA) is 29.0 Å². The predicted octanol–water partition coefficient (Wildman–Crippen LogP) is 2.46. The lowest BCUT2D eigenvalue weighted by molar-refractivity contribution is 0.610. The van der Waals surface area contributed by atoms with E-state index < -0.39 is 0 Å². The fraction of sp³-hybridized carbons (Fsp3) is 0.636. The summed E-state index contributed by atoms with van der Waals surface area (Å²) in [7, 11) is 0. The lowest BCUT2D eigenvalue weighted by Crippen LogP contribution is -2.35. The first kappa shape index (κ1) is 10.7. The van der Waals surface area contributed by atoms with Crippen LogP contribution in [0.25, 0.3) is 0 Å². The molecule has 0 atom stereocenters. The van der Waals surface area contributed by atoms with Gasteiger partial charge in [-0.05, 0) is 25.0 Å². The highest BCUT2D eigenvalue weighted by Gasteiger charge is 2.23. The normalized spacial score (nSPS) is 16.9. The third-order valence-corrected chi connectivity index (χ3v) is 3.11. The molecule has 1 saturated carbocycles. The molecule has 1 aliphatic rings. The first-order valence-electron chi connectivity index (χ1n) is 5.52. The summed E-state index contributed by atoms with van der Waals surface area (Å²) < 4.78 is 0. The van der Waals surface area contributed by atoms with Crippen molar-refractivity contribution in [3.63, 3.8) is 0 Å². The van der Waals surface area contributed by atoms with Gasteiger partial charge in [-0.25, -0.2) is 0 Å². The van der Waals surface area contributed by atoms with Gasteiger partial charge in [-0.3, -0.25) is 0 Å². The number of hydrogen-bond donors (Lipinski definition) is 0. The third kappa shape index (κ3) is 2.59. The van der Waals surface area contributed by atoms with Gasteiger partial charge in [0.2, 0.25) is 0 Å². The Morgan fingerprint density at radius 1 is 1.40 bits per heavy atom. The number of anilines is 1. The lowest BCUT2D eigenvalue weighted by Gasteiger charge is -2.28. The lowest BCUT2D eigenvalue weighted by atomic mass is 10.2. The second kappa shape index (κ2) is 5.31. The van der Waals surface area contributed by atoms with Gasteiger partial charge in [-0.2, -0.15) is 5.10 Å². The Labute approximate surface area is 95.5 Å². The van der Waals surface area contributed by atoms with E-state index >= 15 is 0 Å². The fourth-order valence-corrected chi connectivity index (χ4v) is 2.42. The molecule has 1 aliphatic carbocycles. The van der Waals surface area contributed by atoms with Gasteiger partial charge in [-0.15, -0.1) is 16.7 Å². The summed E-state index contributed by atoms with van der Waals surface area (Å²) in [6.07, 6.45) is 6.87. The van der Waals surface area contributed by atoms with Crippen LogP contribution in [0.5, 0.6) is 0 Å². The maximum atomic E-state index is 5.83. The molecule has 0 amide bonds. The second-order valence-electron chi connectivity index (χ2n) is 3.90. The average molecular weight is 226 g/mol. The first-order chi connectivity index (χ1) is 7.42. The van der Waals surface area contributed by atoms with E-state index in [0.717, 1.165) is 12.4 Å². The maximum absolute atomic E-state index is 5.83. The van der Waals surface area contributed by atoms with Gasteiger partial charge < -0.3 is 4.90 Å². The first-order valence-corrected chi connectivity index (χ1v) is 6.05. The number of nitrogens with zero attached hydrogens (tertiary/aromatic N) is 3. The van der Waals surface area contributed by atoms with E-state index in [1.54, 1.807) is 6.20 Å². The summed E-state index contributed by atoms with van der Waals surface area (Å²) in [6, 6.07) is 4.55. The van der Waals surface area contributed by atoms with E-state index in [4.69, 9.17) is 11.6 Å². The van der Waals surface area contributed by atoms with Crippen LogP contribution in [-0.2, 0) is 0 Å². The Morgan fingerprint density at radius 3 is 2.80 bits per heavy atom. The Kier molecular flexibility index (Phi) is 3.78. The Hall–Kier alpha value is -0.830. The molecule has 1 aromatic heterocycles. The quantitative estimate of drug-likeness (QED) is 0.738. The molecule has 1 heterocycles. The number of halogens is 1. The van der Waals surface area contributed by atoms with Crippen LogP contribution in [0.2, 0.25) is 0 Å². The smallest absolute Gasteiger partial charge is 0.151 e. The highest BCUT2D eigenvalue weighted by atomic mass is 35.5. The van der Waals surface area contributed by atoms with Crippen molar-refractivity contribution in [2.75, 3.05) is 17.3 Å². The molecular formula is C11H16ClN3. The molecule has 82 valence electrons. The van der Waals surface area contributed by atoms with Crippen molar-refractivity contribution >= 4 is 17.4 Å². The molecule has 4 heteroatoms. The molecule has 0 N–H and O–H groups in total. The number of alkyl halides is 1. The highest BCUT2D eigenvalue weighted by molar-refractivity contribution is 6.18. The molecule has 0 unspecified atom stereocenters. The van der Waals surface area contributed by atoms with Crippen LogP contribution in [0, 0.1) is 0 Å². The number of aromatic nitrogens is 2. The second-order valence-corrected chi connectivity index (χ2v) is 4.28. The predicted molar refractivity (Wildman–Crippen MR) is 62.4 cm³/mol. The van der Waals surface area contributed by atoms with Gasteiger partial charge in [0, 0.05) is 24.7 Å². The van der Waals surface area contributed by atoms with Crippen LogP contribution >= 0.6 is 11.6 Å². The summed E-state index contributed by atoms with van der Waals surface area (Å²) in [4.78, 5) is 2.30. The van der Waals surface area contributed by atoms with Crippen LogP contribution in [0.15, 0.2) is 18.3 Å². The van der Waals surface area contributed by atoms with E-state index in [-0.39, 0.29) is 0 Å². The third-order valence-electron chi connectivity index (χ3n) is 2.94. The summed E-state index contributed by atoms with van der Waals surface area (Å²) >= 11 is 5.83. The fourth-order valence-electron chi connectivity index (χ4n) is 2.24. The molecule has 0 saturated heterocycles. The van der Waals surface area contributed by atoms with E-state index in [2.05, 4.69) is 15.1 Å². The maximum Gasteiger partial charge on any atom is 0.151 e. The molecule has 0 aromatic carbocycles. The highest BCUT2D eigenvalue weighted by Crippen LogP contribution is 2.26. The zero-order valence-electron chi connectivity index (χ0n) is 8.77. The molecule has 0 aliphatic heterocycles. The number of hydrogen-bond acceptors (Lipinski definition) is 3. The van der Waals surface area contributed by atoms with E-state index in [9.17, 15) is 0 Å². The summed E-state index contributed by atoms with van der Waals surface area (Å²) in [5, 5.41) is 8.08. The van der Waals surface area contributed by atoms with E-state index in [0.29, 0.717) is 11.9 Å². The van der Waals surface area contributed by atoms with Crippen molar-refractivity contribution in [3.05, 3.63) is 18.3 Å². The molecule has 0 radical (unpaired) electrons. The van der Waals surface area contributed by atoms with Gasteiger partial charge in [0.15, 0.2) is 5.82 Å². The Morgan fingerprint density at radius 2 is 2.20 bits per heavy atom. The number of rotatable bonds is 4. The summed E-state index contributed by atoms with van der Waals surface area (Å²) in [5.74, 6) is 1.61. The SMILES string of the molecule is ClCCN(c1cccnn1)C1CCCC1. The molecular weight excluding hydrogens is 210 g/mol. The van der Waals surface area contributed by atoms with Crippen LogP contribution in [-0.4, -0.2) is 28.7 Å². The Balaban J connectivity index is 2.11. The minimum absolute atomic E-state index is 0.612. The molecule has 15 heavy (non-hydrogen) atoms. The van der Waals surface area contributed by atoms with Crippen LogP contribution in [0.4, 0.5) is 5.82 Å². The zero-order chi connectivity index (χ0) is 10.5. The van der Waals surface area contributed by atoms with Gasteiger partial charge in [-0.1, -0.05) is 12.8 Å². The standard InChI is InChI=1S/C11H16ClN3/c12-7-9-15(10-4-1-2-5-10)11-6-3-8-13-14-11/h3,6,8,10H,1-2,4-5,7,9H2. The summed E-state index contributed by atoms with van der Waals surface area (Å²) in [5.41, 5.74) is 0. The molecule has 1 aromatic rings. The van der Waals surface area contributed by atoms with E-state index in [1.165, 1.54) is 25.7 Å². The molecule has 3 nitrogen and oxygen atoms in total. The van der Waals surface area contributed by atoms with Crippen LogP contribution in [0.3, 0.4) is 0 Å². The van der Waals surface area contributed by atoms with Crippen molar-refractivity contribution in [1.29, 1.82) is 0 Å². The molecule has 2 rings (SSSR count). The molecule has 1 fully saturated rings. The molecule has 0 spiro atoms. The monoisotopic (exact) mass is 225 g/mol. The minimum Gasteiger partial charge on any atom is -0.351 e. The van der Waals surface area contributed by atoms with Crippen molar-refractivity contribution in [2.45, 2.75) is 31.7 Å². The van der Waals surface area contributed by atoms with Gasteiger partial charge in [0.05, 0.1) is 0 Å². The van der Waals surface area contributed by atoms with Crippen LogP contribution in [0.1, 0.15) is 25.7 Å². The molecule has 0 bridgehead atoms. The largest absolute Gasteiger partial charge is 0.351 e. The Bertz CT molecular complexity index is 285. The average Bonchev–Trinajstić information content (AvgIpc) is 2.80. The van der Waals surface area contributed by atoms with Crippen molar-refractivity contribution in [3.8, 4) is 0 Å². The summed E-state index contributed by atoms with van der Waals surface area (Å²) in [6.45, 7) is 0.866. The van der Waals surface area contributed by atoms with Crippen molar-refractivity contribution < 1.29 is 0 Å². The minimum atomic E-state index is 0.612. The van der Waals surface area contributed by atoms with E-state index in [1.807, 2.05) is 12.1 Å².